The van der Waals surface area contributed by atoms with Gasteiger partial charge in [0.15, 0.2) is 11.5 Å². The second kappa shape index (κ2) is 6.73. The molecule has 94 valence electrons. The molecule has 1 aromatic carbocycles. The summed E-state index contributed by atoms with van der Waals surface area (Å²) in [4.78, 5) is 10.2. The molecule has 0 saturated carbocycles. The molecule has 0 aliphatic rings. The van der Waals surface area contributed by atoms with Gasteiger partial charge in [0, 0.05) is 6.07 Å². The van der Waals surface area contributed by atoms with Gasteiger partial charge in [0.1, 0.15) is 0 Å². The molecule has 0 fully saturated rings. The van der Waals surface area contributed by atoms with Crippen molar-refractivity contribution in [3.63, 3.8) is 0 Å². The zero-order valence-electron chi connectivity index (χ0n) is 10.1. The highest BCUT2D eigenvalue weighted by Gasteiger charge is 2.12. The lowest BCUT2D eigenvalue weighted by atomic mass is 10.3. The van der Waals surface area contributed by atoms with E-state index in [9.17, 15) is 10.1 Å². The fraction of sp³-hybridized carbons (Fsp3) is 0.500. The summed E-state index contributed by atoms with van der Waals surface area (Å²) < 4.78 is 10.8. The predicted octanol–water partition coefficient (Wildman–Crippen LogP) is 3.17. The lowest BCUT2D eigenvalue weighted by molar-refractivity contribution is -0.385. The van der Waals surface area contributed by atoms with E-state index < -0.39 is 4.92 Å². The van der Waals surface area contributed by atoms with Gasteiger partial charge in [-0.2, -0.15) is 0 Å². The first-order valence-corrected chi connectivity index (χ1v) is 5.73. The van der Waals surface area contributed by atoms with Gasteiger partial charge in [-0.05, 0) is 19.4 Å². The summed E-state index contributed by atoms with van der Waals surface area (Å²) in [6.45, 7) is 4.96. The molecule has 1 aromatic rings. The summed E-state index contributed by atoms with van der Waals surface area (Å²) in [5.41, 5.74) is 0.0138. The maximum atomic E-state index is 10.7. The van der Waals surface area contributed by atoms with Gasteiger partial charge in [-0.15, -0.1) is 0 Å². The Morgan fingerprint density at radius 1 is 1.24 bits per heavy atom. The fourth-order valence-electron chi connectivity index (χ4n) is 1.32. The summed E-state index contributed by atoms with van der Waals surface area (Å²) in [7, 11) is 0. The maximum Gasteiger partial charge on any atom is 0.273 e. The summed E-state index contributed by atoms with van der Waals surface area (Å²) in [5, 5.41) is 10.7. The van der Waals surface area contributed by atoms with Crippen molar-refractivity contribution in [2.75, 3.05) is 13.2 Å². The lowest BCUT2D eigenvalue weighted by Crippen LogP contribution is -2.01. The highest BCUT2D eigenvalue weighted by atomic mass is 16.6. The van der Waals surface area contributed by atoms with Gasteiger partial charge in [0.2, 0.25) is 0 Å². The molecule has 17 heavy (non-hydrogen) atoms. The zero-order valence-corrected chi connectivity index (χ0v) is 10.1. The van der Waals surface area contributed by atoms with Crippen LogP contribution in [0.4, 0.5) is 5.69 Å². The SMILES string of the molecule is CCCCOc1cc([N+](=O)[O-])ccc1OCC. The van der Waals surface area contributed by atoms with Crippen molar-refractivity contribution in [1.82, 2.24) is 0 Å². The quantitative estimate of drug-likeness (QED) is 0.416. The Hall–Kier alpha value is -1.78. The molecule has 0 saturated heterocycles. The number of unbranched alkanes of at least 4 members (excludes halogenated alkanes) is 1. The first-order chi connectivity index (χ1) is 8.19. The molecule has 0 spiro atoms. The number of hydrogen-bond donors (Lipinski definition) is 0. The van der Waals surface area contributed by atoms with E-state index in [1.54, 1.807) is 6.07 Å². The monoisotopic (exact) mass is 239 g/mol. The molecule has 0 N–H and O–H groups in total. The van der Waals surface area contributed by atoms with E-state index in [1.165, 1.54) is 12.1 Å². The summed E-state index contributed by atoms with van der Waals surface area (Å²) in [6, 6.07) is 4.39. The number of benzene rings is 1. The Balaban J connectivity index is 2.86. The molecule has 0 amide bonds. The van der Waals surface area contributed by atoms with Crippen LogP contribution in [-0.2, 0) is 0 Å². The minimum Gasteiger partial charge on any atom is -0.490 e. The van der Waals surface area contributed by atoms with Crippen LogP contribution in [0.15, 0.2) is 18.2 Å². The van der Waals surface area contributed by atoms with Crippen LogP contribution < -0.4 is 9.47 Å². The molecular formula is C12H17NO4. The summed E-state index contributed by atoms with van der Waals surface area (Å²) in [6.07, 6.45) is 1.92. The van der Waals surface area contributed by atoms with E-state index >= 15 is 0 Å². The summed E-state index contributed by atoms with van der Waals surface area (Å²) >= 11 is 0. The molecule has 0 radical (unpaired) electrons. The number of non-ortho nitro benzene ring substituents is 1. The predicted molar refractivity (Wildman–Crippen MR) is 64.7 cm³/mol. The second-order valence-corrected chi connectivity index (χ2v) is 3.52. The van der Waals surface area contributed by atoms with E-state index in [1.807, 2.05) is 6.92 Å². The molecule has 0 aromatic heterocycles. The number of nitrogens with zero attached hydrogens (tertiary/aromatic N) is 1. The Bertz CT molecular complexity index is 379. The smallest absolute Gasteiger partial charge is 0.273 e. The molecule has 0 heterocycles. The van der Waals surface area contributed by atoms with Crippen molar-refractivity contribution >= 4 is 5.69 Å². The van der Waals surface area contributed by atoms with Crippen molar-refractivity contribution in [1.29, 1.82) is 0 Å². The third kappa shape index (κ3) is 3.94. The van der Waals surface area contributed by atoms with Gasteiger partial charge in [0.05, 0.1) is 24.2 Å². The average Bonchev–Trinajstić information content (AvgIpc) is 2.31. The van der Waals surface area contributed by atoms with E-state index in [4.69, 9.17) is 9.47 Å². The minimum atomic E-state index is -0.442. The number of rotatable bonds is 7. The largest absolute Gasteiger partial charge is 0.490 e. The molecule has 0 atom stereocenters. The highest BCUT2D eigenvalue weighted by Crippen LogP contribution is 2.31. The normalized spacial score (nSPS) is 10.0. The van der Waals surface area contributed by atoms with Crippen LogP contribution in [0.3, 0.4) is 0 Å². The van der Waals surface area contributed by atoms with Gasteiger partial charge < -0.3 is 9.47 Å². The van der Waals surface area contributed by atoms with Crippen LogP contribution in [-0.4, -0.2) is 18.1 Å². The van der Waals surface area contributed by atoms with Gasteiger partial charge in [0.25, 0.3) is 5.69 Å². The molecule has 5 heteroatoms. The third-order valence-corrected chi connectivity index (χ3v) is 2.19. The number of ether oxygens (including phenoxy) is 2. The van der Waals surface area contributed by atoms with Crippen molar-refractivity contribution in [2.45, 2.75) is 26.7 Å². The van der Waals surface area contributed by atoms with Gasteiger partial charge >= 0.3 is 0 Å². The molecular weight excluding hydrogens is 222 g/mol. The number of nitro benzene ring substituents is 1. The van der Waals surface area contributed by atoms with Gasteiger partial charge in [-0.3, -0.25) is 10.1 Å². The fourth-order valence-corrected chi connectivity index (χ4v) is 1.32. The van der Waals surface area contributed by atoms with E-state index in [2.05, 4.69) is 6.92 Å². The molecule has 0 bridgehead atoms. The maximum absolute atomic E-state index is 10.7. The average molecular weight is 239 g/mol. The number of nitro groups is 1. The first kappa shape index (κ1) is 13.3. The molecule has 1 rings (SSSR count). The van der Waals surface area contributed by atoms with Crippen LogP contribution in [0.2, 0.25) is 0 Å². The van der Waals surface area contributed by atoms with Crippen LogP contribution in [0.25, 0.3) is 0 Å². The van der Waals surface area contributed by atoms with Crippen molar-refractivity contribution in [2.24, 2.45) is 0 Å². The minimum absolute atomic E-state index is 0.0138. The van der Waals surface area contributed by atoms with Crippen molar-refractivity contribution in [3.8, 4) is 11.5 Å². The summed E-state index contributed by atoms with van der Waals surface area (Å²) in [5.74, 6) is 0.990. The zero-order chi connectivity index (χ0) is 12.7. The third-order valence-electron chi connectivity index (χ3n) is 2.19. The Morgan fingerprint density at radius 2 is 2.00 bits per heavy atom. The lowest BCUT2D eigenvalue weighted by Gasteiger charge is -2.11. The standard InChI is InChI=1S/C12H17NO4/c1-3-5-8-17-12-9-10(13(14)15)6-7-11(12)16-4-2/h6-7,9H,3-5,8H2,1-2H3. The molecule has 0 aliphatic carbocycles. The highest BCUT2D eigenvalue weighted by molar-refractivity contribution is 5.48. The van der Waals surface area contributed by atoms with Crippen molar-refractivity contribution in [3.05, 3.63) is 28.3 Å². The molecule has 0 unspecified atom stereocenters. The first-order valence-electron chi connectivity index (χ1n) is 5.73. The Morgan fingerprint density at radius 3 is 2.59 bits per heavy atom. The Kier molecular flexibility index (Phi) is 5.26. The number of hydrogen-bond acceptors (Lipinski definition) is 4. The van der Waals surface area contributed by atoms with Gasteiger partial charge in [-0.25, -0.2) is 0 Å². The van der Waals surface area contributed by atoms with E-state index in [0.29, 0.717) is 24.7 Å². The van der Waals surface area contributed by atoms with Crippen LogP contribution >= 0.6 is 0 Å². The van der Waals surface area contributed by atoms with Gasteiger partial charge in [-0.1, -0.05) is 13.3 Å². The van der Waals surface area contributed by atoms with Crippen molar-refractivity contribution < 1.29 is 14.4 Å². The van der Waals surface area contributed by atoms with Crippen LogP contribution in [0.5, 0.6) is 11.5 Å². The Labute approximate surface area is 101 Å². The molecule has 5 nitrogen and oxygen atoms in total. The van der Waals surface area contributed by atoms with Crippen LogP contribution in [0.1, 0.15) is 26.7 Å². The second-order valence-electron chi connectivity index (χ2n) is 3.52. The van der Waals surface area contributed by atoms with Crippen LogP contribution in [0, 0.1) is 10.1 Å². The molecule has 0 aliphatic heterocycles. The van der Waals surface area contributed by atoms with E-state index in [-0.39, 0.29) is 5.69 Å². The topological polar surface area (TPSA) is 61.6 Å². The van der Waals surface area contributed by atoms with E-state index in [0.717, 1.165) is 12.8 Å².